The van der Waals surface area contributed by atoms with Gasteiger partial charge in [-0.05, 0) is 25.7 Å². The smallest absolute Gasteiger partial charge is 0.113 e. The summed E-state index contributed by atoms with van der Waals surface area (Å²) in [6.45, 7) is 4.27. The number of nitrogens with two attached hydrogens (primary N) is 1. The number of aliphatic hydroxyl groups is 1. The molecular formula is C10H23NO9S2-4. The van der Waals surface area contributed by atoms with Crippen molar-refractivity contribution in [3.8, 4) is 0 Å². The molecule has 138 valence electrons. The lowest BCUT2D eigenvalue weighted by Gasteiger charge is -2.22. The van der Waals surface area contributed by atoms with E-state index >= 15 is 0 Å². The van der Waals surface area contributed by atoms with Crippen LogP contribution in [0.15, 0.2) is 0 Å². The Morgan fingerprint density at radius 3 is 1.36 bits per heavy atom. The highest BCUT2D eigenvalue weighted by Gasteiger charge is 2.18. The second-order valence-corrected chi connectivity index (χ2v) is 6.11. The minimum absolute atomic E-state index is 0.743. The van der Waals surface area contributed by atoms with Crippen molar-refractivity contribution in [1.82, 2.24) is 0 Å². The molecule has 1 atom stereocenters. The molecule has 3 N–H and O–H groups in total. The molecule has 0 rings (SSSR count). The van der Waals surface area contributed by atoms with Gasteiger partial charge >= 0.3 is 0 Å². The second kappa shape index (κ2) is 13.1. The summed E-state index contributed by atoms with van der Waals surface area (Å²) >= 11 is 0. The lowest BCUT2D eigenvalue weighted by Crippen LogP contribution is -2.39. The molecule has 0 spiro atoms. The Kier molecular flexibility index (Phi) is 15.8. The minimum atomic E-state index is -5.17. The van der Waals surface area contributed by atoms with Crippen LogP contribution in [-0.2, 0) is 20.8 Å². The first-order valence-corrected chi connectivity index (χ1v) is 9.13. The van der Waals surface area contributed by atoms with E-state index in [9.17, 15) is 5.11 Å². The second-order valence-electron chi connectivity index (χ2n) is 4.48. The molecule has 10 nitrogen and oxygen atoms in total. The Morgan fingerprint density at radius 2 is 1.09 bits per heavy atom. The van der Waals surface area contributed by atoms with Crippen molar-refractivity contribution in [2.24, 2.45) is 5.73 Å². The van der Waals surface area contributed by atoms with Crippen molar-refractivity contribution in [2.45, 2.75) is 64.5 Å². The molecule has 0 aliphatic heterocycles. The van der Waals surface area contributed by atoms with Crippen molar-refractivity contribution in [3.05, 3.63) is 0 Å². The molecule has 0 amide bonds. The SMILES string of the molecule is CCCCCC(N)(O)CCCC.O=S(=O)([O-])[O-].O=S(=O)([O-])[O-]. The van der Waals surface area contributed by atoms with E-state index in [1.165, 1.54) is 12.8 Å². The van der Waals surface area contributed by atoms with Crippen LogP contribution in [0.3, 0.4) is 0 Å². The Hall–Kier alpha value is -0.340. The Labute approximate surface area is 131 Å². The third-order valence-corrected chi connectivity index (χ3v) is 2.18. The minimum Gasteiger partial charge on any atom is -0.759 e. The van der Waals surface area contributed by atoms with E-state index in [2.05, 4.69) is 13.8 Å². The standard InChI is InChI=1S/C10H23NO.2H2O4S/c1-3-5-7-9-10(11,12)8-6-4-2;2*1-5(2,3)4/h12H,3-9,11H2,1-2H3;2*(H2,1,2,3,4)/p-4. The average Bonchev–Trinajstić information content (AvgIpc) is 2.22. The van der Waals surface area contributed by atoms with Gasteiger partial charge in [-0.15, -0.1) is 0 Å². The zero-order valence-corrected chi connectivity index (χ0v) is 14.2. The van der Waals surface area contributed by atoms with Gasteiger partial charge in [0.1, 0.15) is 5.72 Å². The number of hydrogen-bond acceptors (Lipinski definition) is 10. The quantitative estimate of drug-likeness (QED) is 0.261. The number of hydrogen-bond donors (Lipinski definition) is 2. The largest absolute Gasteiger partial charge is 0.759 e. The monoisotopic (exact) mass is 365 g/mol. The average molecular weight is 365 g/mol. The topological polar surface area (TPSA) is 207 Å². The van der Waals surface area contributed by atoms with Crippen molar-refractivity contribution < 1.29 is 40.2 Å². The molecule has 0 radical (unpaired) electrons. The summed E-state index contributed by atoms with van der Waals surface area (Å²) in [4.78, 5) is 0. The molecule has 0 saturated heterocycles. The van der Waals surface area contributed by atoms with Gasteiger partial charge in [-0.25, -0.2) is 0 Å². The van der Waals surface area contributed by atoms with Gasteiger partial charge in [0.15, 0.2) is 0 Å². The summed E-state index contributed by atoms with van der Waals surface area (Å²) in [5.74, 6) is 0. The summed E-state index contributed by atoms with van der Waals surface area (Å²) in [5, 5.41) is 9.65. The van der Waals surface area contributed by atoms with Crippen molar-refractivity contribution in [2.75, 3.05) is 0 Å². The summed E-state index contributed by atoms with van der Waals surface area (Å²) in [6, 6.07) is 0. The van der Waals surface area contributed by atoms with Gasteiger partial charge in [0, 0.05) is 20.8 Å². The van der Waals surface area contributed by atoms with Crippen LogP contribution in [0.1, 0.15) is 58.8 Å². The Balaban J connectivity index is -0.000000298. The fraction of sp³-hybridized carbons (Fsp3) is 1.00. The van der Waals surface area contributed by atoms with Gasteiger partial charge < -0.3 is 29.1 Å². The van der Waals surface area contributed by atoms with Crippen LogP contribution in [0.25, 0.3) is 0 Å². The van der Waals surface area contributed by atoms with E-state index in [4.69, 9.17) is 40.8 Å². The highest BCUT2D eigenvalue weighted by atomic mass is 32.3. The van der Waals surface area contributed by atoms with Gasteiger partial charge in [-0.1, -0.05) is 33.1 Å². The van der Waals surface area contributed by atoms with E-state index in [1.54, 1.807) is 0 Å². The van der Waals surface area contributed by atoms with Crippen LogP contribution < -0.4 is 5.73 Å². The van der Waals surface area contributed by atoms with Gasteiger partial charge in [0.25, 0.3) is 0 Å². The predicted octanol–water partition coefficient (Wildman–Crippen LogP) is -0.272. The van der Waals surface area contributed by atoms with Crippen LogP contribution in [-0.4, -0.2) is 45.9 Å². The highest BCUT2D eigenvalue weighted by Crippen LogP contribution is 2.15. The number of unbranched alkanes of at least 4 members (excludes halogenated alkanes) is 3. The van der Waals surface area contributed by atoms with Gasteiger partial charge in [-0.2, -0.15) is 0 Å². The molecule has 0 saturated carbocycles. The highest BCUT2D eigenvalue weighted by molar-refractivity contribution is 7.79. The zero-order chi connectivity index (χ0) is 18.4. The molecule has 0 aromatic heterocycles. The van der Waals surface area contributed by atoms with Crippen molar-refractivity contribution >= 4 is 20.8 Å². The molecule has 0 fully saturated rings. The van der Waals surface area contributed by atoms with E-state index < -0.39 is 26.5 Å². The molecule has 0 aliphatic rings. The van der Waals surface area contributed by atoms with E-state index in [0.29, 0.717) is 0 Å². The molecule has 1 unspecified atom stereocenters. The van der Waals surface area contributed by atoms with E-state index in [1.807, 2.05) is 0 Å². The van der Waals surface area contributed by atoms with Crippen LogP contribution in [0.2, 0.25) is 0 Å². The molecule has 22 heavy (non-hydrogen) atoms. The summed E-state index contributed by atoms with van der Waals surface area (Å²) in [6.07, 6.45) is 7.03. The normalized spacial score (nSPS) is 14.0. The molecular weight excluding hydrogens is 342 g/mol. The van der Waals surface area contributed by atoms with Crippen molar-refractivity contribution in [3.63, 3.8) is 0 Å². The van der Waals surface area contributed by atoms with Gasteiger partial charge in [0.05, 0.1) is 0 Å². The predicted molar refractivity (Wildman–Crippen MR) is 73.8 cm³/mol. The first-order chi connectivity index (χ1) is 9.62. The first kappa shape index (κ1) is 26.6. The van der Waals surface area contributed by atoms with Crippen LogP contribution >= 0.6 is 0 Å². The summed E-state index contributed by atoms with van der Waals surface area (Å²) in [5.41, 5.74) is 4.80. The Morgan fingerprint density at radius 1 is 0.818 bits per heavy atom. The maximum absolute atomic E-state index is 9.65. The lowest BCUT2D eigenvalue weighted by atomic mass is 10.00. The lowest BCUT2D eigenvalue weighted by molar-refractivity contribution is 0.0246. The zero-order valence-electron chi connectivity index (χ0n) is 12.6. The third kappa shape index (κ3) is 60.2. The first-order valence-electron chi connectivity index (χ1n) is 6.47. The Bertz CT molecular complexity index is 399. The summed E-state index contributed by atoms with van der Waals surface area (Å²) in [7, 11) is -10.3. The van der Waals surface area contributed by atoms with E-state index in [0.717, 1.165) is 32.1 Å². The molecule has 0 aromatic rings. The molecule has 0 aromatic carbocycles. The fourth-order valence-corrected chi connectivity index (χ4v) is 1.29. The van der Waals surface area contributed by atoms with Crippen LogP contribution in [0, 0.1) is 0 Å². The summed E-state index contributed by atoms with van der Waals surface area (Å²) < 4.78 is 68.2. The van der Waals surface area contributed by atoms with Crippen LogP contribution in [0.5, 0.6) is 0 Å². The molecule has 12 heteroatoms. The van der Waals surface area contributed by atoms with E-state index in [-0.39, 0.29) is 0 Å². The van der Waals surface area contributed by atoms with Crippen molar-refractivity contribution in [1.29, 1.82) is 0 Å². The maximum atomic E-state index is 9.65. The fourth-order valence-electron chi connectivity index (χ4n) is 1.29. The third-order valence-electron chi connectivity index (χ3n) is 2.18. The van der Waals surface area contributed by atoms with Gasteiger partial charge in [-0.3, -0.25) is 16.8 Å². The van der Waals surface area contributed by atoms with Gasteiger partial charge in [0.2, 0.25) is 0 Å². The molecule has 0 bridgehead atoms. The molecule has 0 heterocycles. The molecule has 0 aliphatic carbocycles. The number of rotatable bonds is 7. The maximum Gasteiger partial charge on any atom is 0.113 e. The van der Waals surface area contributed by atoms with Crippen LogP contribution in [0.4, 0.5) is 0 Å².